The molecule has 0 radical (unpaired) electrons. The zero-order valence-electron chi connectivity index (χ0n) is 12.1. The molecule has 5 nitrogen and oxygen atoms in total. The molecule has 0 fully saturated rings. The molecule has 1 atom stereocenters. The standard InChI is InChI=1S/C14H21N3O2S/c1-14(2,3)12(8-9-15)16-13-10-6-4-5-7-11(10)20(18,19)17-13/h4-7,12H,8-9,15H2,1-3H3,(H,16,17). The van der Waals surface area contributed by atoms with Gasteiger partial charge in [-0.2, -0.15) is 0 Å². The Morgan fingerprint density at radius 2 is 1.95 bits per heavy atom. The SMILES string of the molecule is CC(C)(C)C(CCN)N=C1NS(=O)(=O)c2ccccc21. The number of amidine groups is 1. The highest BCUT2D eigenvalue weighted by Crippen LogP contribution is 2.28. The van der Waals surface area contributed by atoms with Crippen LogP contribution in [0.25, 0.3) is 0 Å². The van der Waals surface area contributed by atoms with Gasteiger partial charge in [0.25, 0.3) is 10.0 Å². The number of hydrogen-bond acceptors (Lipinski definition) is 4. The Bertz CT molecular complexity index is 630. The van der Waals surface area contributed by atoms with Gasteiger partial charge >= 0.3 is 0 Å². The minimum atomic E-state index is -3.47. The van der Waals surface area contributed by atoms with E-state index in [9.17, 15) is 8.42 Å². The number of rotatable bonds is 3. The van der Waals surface area contributed by atoms with E-state index in [-0.39, 0.29) is 11.5 Å². The lowest BCUT2D eigenvalue weighted by atomic mass is 9.85. The third kappa shape index (κ3) is 2.86. The van der Waals surface area contributed by atoms with Gasteiger partial charge < -0.3 is 5.73 Å². The van der Waals surface area contributed by atoms with Crippen molar-refractivity contribution in [3.8, 4) is 0 Å². The molecule has 0 amide bonds. The Balaban J connectivity index is 2.46. The molecule has 3 N–H and O–H groups in total. The lowest BCUT2D eigenvalue weighted by Gasteiger charge is -2.27. The highest BCUT2D eigenvalue weighted by molar-refractivity contribution is 7.90. The summed E-state index contributed by atoms with van der Waals surface area (Å²) in [7, 11) is -3.47. The van der Waals surface area contributed by atoms with Crippen molar-refractivity contribution < 1.29 is 8.42 Å². The first-order chi connectivity index (χ1) is 9.25. The minimum absolute atomic E-state index is 0.0312. The molecule has 1 heterocycles. The summed E-state index contributed by atoms with van der Waals surface area (Å²) in [6, 6.07) is 6.85. The van der Waals surface area contributed by atoms with Crippen LogP contribution in [-0.2, 0) is 10.0 Å². The molecule has 0 saturated carbocycles. The number of sulfonamides is 1. The lowest BCUT2D eigenvalue weighted by Crippen LogP contribution is -2.31. The summed E-state index contributed by atoms with van der Waals surface area (Å²) in [5.41, 5.74) is 6.20. The number of fused-ring (bicyclic) bond motifs is 1. The van der Waals surface area contributed by atoms with Gasteiger partial charge in [-0.15, -0.1) is 0 Å². The van der Waals surface area contributed by atoms with Crippen LogP contribution in [0.1, 0.15) is 32.8 Å². The maximum atomic E-state index is 12.0. The summed E-state index contributed by atoms with van der Waals surface area (Å²) in [5, 5.41) is 0. The molecule has 1 aromatic rings. The van der Waals surface area contributed by atoms with Crippen LogP contribution in [0.4, 0.5) is 0 Å². The molecule has 1 unspecified atom stereocenters. The highest BCUT2D eigenvalue weighted by atomic mass is 32.2. The molecule has 1 aliphatic rings. The number of nitrogens with two attached hydrogens (primary N) is 1. The molecular formula is C14H21N3O2S. The van der Waals surface area contributed by atoms with Crippen molar-refractivity contribution in [2.45, 2.75) is 38.1 Å². The molecule has 0 spiro atoms. The third-order valence-electron chi connectivity index (χ3n) is 3.39. The number of aliphatic imine (C=N–C) groups is 1. The van der Waals surface area contributed by atoms with Crippen molar-refractivity contribution in [1.29, 1.82) is 0 Å². The third-order valence-corrected chi connectivity index (χ3v) is 4.78. The van der Waals surface area contributed by atoms with Crippen LogP contribution in [0.5, 0.6) is 0 Å². The monoisotopic (exact) mass is 295 g/mol. The van der Waals surface area contributed by atoms with E-state index in [0.29, 0.717) is 22.8 Å². The molecule has 110 valence electrons. The van der Waals surface area contributed by atoms with E-state index in [1.54, 1.807) is 18.2 Å². The molecule has 0 aromatic heterocycles. The van der Waals surface area contributed by atoms with E-state index in [0.717, 1.165) is 6.42 Å². The predicted molar refractivity (Wildman–Crippen MR) is 80.2 cm³/mol. The quantitative estimate of drug-likeness (QED) is 0.886. The van der Waals surface area contributed by atoms with E-state index in [2.05, 4.69) is 30.5 Å². The Morgan fingerprint density at radius 1 is 1.30 bits per heavy atom. The van der Waals surface area contributed by atoms with Gasteiger partial charge in [0.2, 0.25) is 0 Å². The van der Waals surface area contributed by atoms with Gasteiger partial charge in [-0.3, -0.25) is 9.71 Å². The van der Waals surface area contributed by atoms with E-state index in [1.807, 2.05) is 6.07 Å². The summed E-state index contributed by atoms with van der Waals surface area (Å²) in [6.45, 7) is 6.75. The van der Waals surface area contributed by atoms with Gasteiger partial charge in [-0.25, -0.2) is 8.42 Å². The zero-order valence-corrected chi connectivity index (χ0v) is 12.9. The molecule has 1 aliphatic heterocycles. The summed E-state index contributed by atoms with van der Waals surface area (Å²) in [5.74, 6) is 0.425. The van der Waals surface area contributed by atoms with Crippen molar-refractivity contribution in [2.75, 3.05) is 6.54 Å². The van der Waals surface area contributed by atoms with E-state index in [1.165, 1.54) is 0 Å². The van der Waals surface area contributed by atoms with E-state index >= 15 is 0 Å². The Morgan fingerprint density at radius 3 is 2.55 bits per heavy atom. The minimum Gasteiger partial charge on any atom is -0.330 e. The second kappa shape index (κ2) is 5.18. The van der Waals surface area contributed by atoms with Crippen LogP contribution in [0.3, 0.4) is 0 Å². The van der Waals surface area contributed by atoms with Crippen LogP contribution >= 0.6 is 0 Å². The van der Waals surface area contributed by atoms with Gasteiger partial charge in [0.15, 0.2) is 0 Å². The number of nitrogens with zero attached hydrogens (tertiary/aromatic N) is 1. The number of hydrogen-bond donors (Lipinski definition) is 2. The van der Waals surface area contributed by atoms with E-state index < -0.39 is 10.0 Å². The molecule has 1 aromatic carbocycles. The number of benzene rings is 1. The molecule has 2 rings (SSSR count). The Labute approximate surface area is 120 Å². The zero-order chi connectivity index (χ0) is 15.0. The summed E-state index contributed by atoms with van der Waals surface area (Å²) in [6.07, 6.45) is 0.719. The van der Waals surface area contributed by atoms with Gasteiger partial charge in [0.05, 0.1) is 10.9 Å². The van der Waals surface area contributed by atoms with Crippen LogP contribution < -0.4 is 10.5 Å². The fourth-order valence-electron chi connectivity index (χ4n) is 2.23. The highest BCUT2D eigenvalue weighted by Gasteiger charge is 2.32. The summed E-state index contributed by atoms with van der Waals surface area (Å²) < 4.78 is 26.6. The molecular weight excluding hydrogens is 274 g/mol. The van der Waals surface area contributed by atoms with Crippen molar-refractivity contribution >= 4 is 15.9 Å². The smallest absolute Gasteiger partial charge is 0.263 e. The number of nitrogens with one attached hydrogen (secondary N) is 1. The van der Waals surface area contributed by atoms with E-state index in [4.69, 9.17) is 5.73 Å². The summed E-state index contributed by atoms with van der Waals surface area (Å²) in [4.78, 5) is 4.91. The predicted octanol–water partition coefficient (Wildman–Crippen LogP) is 1.49. The Hall–Kier alpha value is -1.40. The normalized spacial score (nSPS) is 20.5. The molecule has 0 saturated heterocycles. The Kier molecular flexibility index (Phi) is 3.88. The van der Waals surface area contributed by atoms with Crippen molar-refractivity contribution in [3.63, 3.8) is 0 Å². The van der Waals surface area contributed by atoms with Crippen LogP contribution in [0.2, 0.25) is 0 Å². The average Bonchev–Trinajstić information content (AvgIpc) is 2.60. The second-order valence-corrected chi connectivity index (χ2v) is 7.69. The van der Waals surface area contributed by atoms with Crippen LogP contribution in [0, 0.1) is 5.41 Å². The molecule has 20 heavy (non-hydrogen) atoms. The van der Waals surface area contributed by atoms with Crippen LogP contribution in [-0.4, -0.2) is 26.8 Å². The van der Waals surface area contributed by atoms with Gasteiger partial charge in [0, 0.05) is 5.56 Å². The first-order valence-corrected chi connectivity index (χ1v) is 8.14. The summed E-state index contributed by atoms with van der Waals surface area (Å²) >= 11 is 0. The van der Waals surface area contributed by atoms with Gasteiger partial charge in [-0.05, 0) is 30.5 Å². The second-order valence-electron chi connectivity index (χ2n) is 6.04. The maximum absolute atomic E-state index is 12.0. The largest absolute Gasteiger partial charge is 0.330 e. The topological polar surface area (TPSA) is 84.5 Å². The van der Waals surface area contributed by atoms with Gasteiger partial charge in [0.1, 0.15) is 5.84 Å². The van der Waals surface area contributed by atoms with Crippen molar-refractivity contribution in [1.82, 2.24) is 4.72 Å². The molecule has 0 aliphatic carbocycles. The maximum Gasteiger partial charge on any atom is 0.263 e. The van der Waals surface area contributed by atoms with Crippen molar-refractivity contribution in [2.24, 2.45) is 16.1 Å². The van der Waals surface area contributed by atoms with Crippen LogP contribution in [0.15, 0.2) is 34.2 Å². The first kappa shape index (κ1) is 15.0. The molecule has 6 heteroatoms. The average molecular weight is 295 g/mol. The lowest BCUT2D eigenvalue weighted by molar-refractivity contribution is 0.310. The fourth-order valence-corrected chi connectivity index (χ4v) is 3.47. The first-order valence-electron chi connectivity index (χ1n) is 6.66. The fraction of sp³-hybridized carbons (Fsp3) is 0.500. The van der Waals surface area contributed by atoms with Crippen molar-refractivity contribution in [3.05, 3.63) is 29.8 Å². The van der Waals surface area contributed by atoms with Gasteiger partial charge in [-0.1, -0.05) is 32.9 Å². The molecule has 0 bridgehead atoms.